The van der Waals surface area contributed by atoms with Crippen molar-refractivity contribution >= 4 is 11.6 Å². The van der Waals surface area contributed by atoms with Crippen LogP contribution < -0.4 is 0 Å². The number of hydrogen-bond acceptors (Lipinski definition) is 1. The number of alkyl halides is 1. The third-order valence-electron chi connectivity index (χ3n) is 2.32. The zero-order chi connectivity index (χ0) is 10.8. The Bertz CT molecular complexity index is 474. The fourth-order valence-corrected chi connectivity index (χ4v) is 1.83. The number of nitrogens with zero attached hydrogens (tertiary/aromatic N) is 2. The maximum atomic E-state index is 5.80. The van der Waals surface area contributed by atoms with Crippen LogP contribution in [0.4, 0.5) is 0 Å². The van der Waals surface area contributed by atoms with Gasteiger partial charge in [0.1, 0.15) is 0 Å². The third kappa shape index (κ3) is 2.05. The van der Waals surface area contributed by atoms with Gasteiger partial charge in [-0.15, -0.1) is 11.6 Å². The first-order chi connectivity index (χ1) is 7.20. The summed E-state index contributed by atoms with van der Waals surface area (Å²) >= 11 is 5.80. The van der Waals surface area contributed by atoms with Gasteiger partial charge in [-0.1, -0.05) is 12.1 Å². The highest BCUT2D eigenvalue weighted by molar-refractivity contribution is 6.17. The molecule has 2 aromatic rings. The zero-order valence-corrected chi connectivity index (χ0v) is 9.62. The van der Waals surface area contributed by atoms with Crippen LogP contribution >= 0.6 is 11.6 Å². The number of halogens is 1. The van der Waals surface area contributed by atoms with Crippen LogP contribution in [0.15, 0.2) is 30.3 Å². The Labute approximate surface area is 94.5 Å². The molecule has 3 heteroatoms. The minimum atomic E-state index is 0.535. The lowest BCUT2D eigenvalue weighted by Crippen LogP contribution is -1.99. The molecule has 0 saturated carbocycles. The molecular formula is C12H13ClN2. The minimum absolute atomic E-state index is 0.535. The van der Waals surface area contributed by atoms with E-state index in [9.17, 15) is 0 Å². The van der Waals surface area contributed by atoms with Crippen LogP contribution in [0.2, 0.25) is 0 Å². The largest absolute Gasteiger partial charge is 0.238 e. The standard InChI is InChI=1S/C12H13ClN2/c1-9-6-10(2)15(14-9)12-5-3-4-11(7-12)8-13/h3-7H,8H2,1-2H3. The summed E-state index contributed by atoms with van der Waals surface area (Å²) in [7, 11) is 0. The number of benzene rings is 1. The molecule has 1 aromatic heterocycles. The van der Waals surface area contributed by atoms with E-state index in [1.54, 1.807) is 0 Å². The summed E-state index contributed by atoms with van der Waals surface area (Å²) < 4.78 is 1.94. The van der Waals surface area contributed by atoms with Crippen molar-refractivity contribution in [2.24, 2.45) is 0 Å². The molecule has 1 aromatic carbocycles. The van der Waals surface area contributed by atoms with Crippen LogP contribution in [0.5, 0.6) is 0 Å². The Kier molecular flexibility index (Phi) is 2.78. The number of aromatic nitrogens is 2. The molecule has 0 amide bonds. The molecule has 0 radical (unpaired) electrons. The topological polar surface area (TPSA) is 17.8 Å². The molecule has 0 aliphatic carbocycles. The second kappa shape index (κ2) is 4.07. The van der Waals surface area contributed by atoms with Gasteiger partial charge in [0.25, 0.3) is 0 Å². The van der Waals surface area contributed by atoms with Gasteiger partial charge in [0.2, 0.25) is 0 Å². The first-order valence-corrected chi connectivity index (χ1v) is 5.42. The van der Waals surface area contributed by atoms with Crippen molar-refractivity contribution in [2.45, 2.75) is 19.7 Å². The van der Waals surface area contributed by atoms with Crippen molar-refractivity contribution in [2.75, 3.05) is 0 Å². The van der Waals surface area contributed by atoms with Gasteiger partial charge < -0.3 is 0 Å². The third-order valence-corrected chi connectivity index (χ3v) is 2.63. The second-order valence-corrected chi connectivity index (χ2v) is 3.91. The Morgan fingerprint density at radius 3 is 2.67 bits per heavy atom. The van der Waals surface area contributed by atoms with Gasteiger partial charge in [-0.2, -0.15) is 5.10 Å². The molecule has 1 heterocycles. The highest BCUT2D eigenvalue weighted by Gasteiger charge is 2.03. The maximum absolute atomic E-state index is 5.80. The van der Waals surface area contributed by atoms with Crippen LogP contribution in [0, 0.1) is 13.8 Å². The first kappa shape index (κ1) is 10.2. The van der Waals surface area contributed by atoms with Crippen molar-refractivity contribution in [1.29, 1.82) is 0 Å². The van der Waals surface area contributed by atoms with Crippen LogP contribution in [0.1, 0.15) is 17.0 Å². The van der Waals surface area contributed by atoms with Crippen molar-refractivity contribution in [3.63, 3.8) is 0 Å². The van der Waals surface area contributed by atoms with Gasteiger partial charge >= 0.3 is 0 Å². The van der Waals surface area contributed by atoms with Gasteiger partial charge in [0.05, 0.1) is 11.4 Å². The molecule has 78 valence electrons. The van der Waals surface area contributed by atoms with Gasteiger partial charge in [0.15, 0.2) is 0 Å². The van der Waals surface area contributed by atoms with E-state index < -0.39 is 0 Å². The Morgan fingerprint density at radius 1 is 1.27 bits per heavy atom. The van der Waals surface area contributed by atoms with E-state index >= 15 is 0 Å². The van der Waals surface area contributed by atoms with E-state index in [1.807, 2.05) is 36.7 Å². The van der Waals surface area contributed by atoms with Crippen LogP contribution in [0.3, 0.4) is 0 Å². The predicted octanol–water partition coefficient (Wildman–Crippen LogP) is 3.23. The summed E-state index contributed by atoms with van der Waals surface area (Å²) in [6, 6.07) is 10.2. The zero-order valence-electron chi connectivity index (χ0n) is 8.87. The molecule has 15 heavy (non-hydrogen) atoms. The number of aryl methyl sites for hydroxylation is 2. The van der Waals surface area contributed by atoms with E-state index in [-0.39, 0.29) is 0 Å². The van der Waals surface area contributed by atoms with E-state index in [0.717, 1.165) is 22.6 Å². The highest BCUT2D eigenvalue weighted by atomic mass is 35.5. The molecule has 0 saturated heterocycles. The molecular weight excluding hydrogens is 208 g/mol. The van der Waals surface area contributed by atoms with E-state index in [1.165, 1.54) is 0 Å². The van der Waals surface area contributed by atoms with Gasteiger partial charge in [0, 0.05) is 11.6 Å². The summed E-state index contributed by atoms with van der Waals surface area (Å²) in [5.41, 5.74) is 4.35. The molecule has 0 atom stereocenters. The molecule has 0 spiro atoms. The molecule has 2 nitrogen and oxygen atoms in total. The van der Waals surface area contributed by atoms with Crippen LogP contribution in [-0.4, -0.2) is 9.78 Å². The molecule has 0 aliphatic rings. The van der Waals surface area contributed by atoms with E-state index in [4.69, 9.17) is 11.6 Å². The average Bonchev–Trinajstić information content (AvgIpc) is 2.58. The molecule has 0 fully saturated rings. The van der Waals surface area contributed by atoms with Crippen molar-refractivity contribution in [3.8, 4) is 5.69 Å². The van der Waals surface area contributed by atoms with Gasteiger partial charge in [-0.25, -0.2) is 4.68 Å². The van der Waals surface area contributed by atoms with Crippen LogP contribution in [0.25, 0.3) is 5.69 Å². The summed E-state index contributed by atoms with van der Waals surface area (Å²) in [5, 5.41) is 4.43. The average molecular weight is 221 g/mol. The highest BCUT2D eigenvalue weighted by Crippen LogP contribution is 2.14. The Morgan fingerprint density at radius 2 is 2.07 bits per heavy atom. The van der Waals surface area contributed by atoms with Gasteiger partial charge in [-0.05, 0) is 37.6 Å². The predicted molar refractivity (Wildman–Crippen MR) is 62.6 cm³/mol. The van der Waals surface area contributed by atoms with Crippen molar-refractivity contribution in [3.05, 3.63) is 47.3 Å². The molecule has 0 N–H and O–H groups in total. The fraction of sp³-hybridized carbons (Fsp3) is 0.250. The smallest absolute Gasteiger partial charge is 0.0651 e. The minimum Gasteiger partial charge on any atom is -0.238 e. The van der Waals surface area contributed by atoms with Crippen LogP contribution in [-0.2, 0) is 5.88 Å². The fourth-order valence-electron chi connectivity index (χ4n) is 1.66. The molecule has 0 unspecified atom stereocenters. The maximum Gasteiger partial charge on any atom is 0.0651 e. The lowest BCUT2D eigenvalue weighted by molar-refractivity contribution is 0.832. The summed E-state index contributed by atoms with van der Waals surface area (Å²) in [6.45, 7) is 4.04. The molecule has 2 rings (SSSR count). The lowest BCUT2D eigenvalue weighted by atomic mass is 10.2. The summed E-state index contributed by atoms with van der Waals surface area (Å²) in [6.07, 6.45) is 0. The van der Waals surface area contributed by atoms with E-state index in [0.29, 0.717) is 5.88 Å². The quantitative estimate of drug-likeness (QED) is 0.711. The van der Waals surface area contributed by atoms with Crippen molar-refractivity contribution in [1.82, 2.24) is 9.78 Å². The lowest BCUT2D eigenvalue weighted by Gasteiger charge is -2.05. The molecule has 0 aliphatic heterocycles. The summed E-state index contributed by atoms with van der Waals surface area (Å²) in [5.74, 6) is 0.535. The molecule has 0 bridgehead atoms. The Hall–Kier alpha value is -1.28. The van der Waals surface area contributed by atoms with E-state index in [2.05, 4.69) is 17.2 Å². The monoisotopic (exact) mass is 220 g/mol. The van der Waals surface area contributed by atoms with Crippen molar-refractivity contribution < 1.29 is 0 Å². The first-order valence-electron chi connectivity index (χ1n) is 4.89. The summed E-state index contributed by atoms with van der Waals surface area (Å²) in [4.78, 5) is 0. The second-order valence-electron chi connectivity index (χ2n) is 3.64. The SMILES string of the molecule is Cc1cc(C)n(-c2cccc(CCl)c2)n1. The van der Waals surface area contributed by atoms with Gasteiger partial charge in [-0.3, -0.25) is 0 Å². The number of rotatable bonds is 2. The Balaban J connectivity index is 2.49. The normalized spacial score (nSPS) is 10.6. The number of hydrogen-bond donors (Lipinski definition) is 0.